The molecule has 0 aromatic heterocycles. The van der Waals surface area contributed by atoms with E-state index in [1.54, 1.807) is 0 Å². The lowest BCUT2D eigenvalue weighted by Crippen LogP contribution is -2.19. The van der Waals surface area contributed by atoms with E-state index in [1.807, 2.05) is 25.1 Å². The van der Waals surface area contributed by atoms with Gasteiger partial charge in [-0.25, -0.2) is 0 Å². The maximum Gasteiger partial charge on any atom is 0.124 e. The number of rotatable bonds is 3. The van der Waals surface area contributed by atoms with Gasteiger partial charge in [0, 0.05) is 17.7 Å². The standard InChI is InChI=1S/C11H15NO2/c1-2-14-11-5-3-4-10-9(11)6-8(7-13)12-10/h3-5,8,12-13H,2,6-7H2,1H3. The number of aliphatic hydroxyl groups excluding tert-OH is 1. The SMILES string of the molecule is CCOc1cccc2c1CC(CO)N2. The zero-order valence-electron chi connectivity index (χ0n) is 8.29. The third-order valence-electron chi connectivity index (χ3n) is 2.46. The van der Waals surface area contributed by atoms with Gasteiger partial charge in [-0.1, -0.05) is 6.07 Å². The summed E-state index contributed by atoms with van der Waals surface area (Å²) in [5.41, 5.74) is 2.28. The molecule has 0 spiro atoms. The van der Waals surface area contributed by atoms with Gasteiger partial charge in [0.05, 0.1) is 19.3 Å². The Morgan fingerprint density at radius 3 is 3.14 bits per heavy atom. The number of aliphatic hydroxyl groups is 1. The van der Waals surface area contributed by atoms with Crippen molar-refractivity contribution in [3.63, 3.8) is 0 Å². The number of hydrogen-bond donors (Lipinski definition) is 2. The fourth-order valence-corrected chi connectivity index (χ4v) is 1.83. The lowest BCUT2D eigenvalue weighted by molar-refractivity contribution is 0.276. The van der Waals surface area contributed by atoms with Crippen LogP contribution in [0.2, 0.25) is 0 Å². The quantitative estimate of drug-likeness (QED) is 0.762. The largest absolute Gasteiger partial charge is 0.494 e. The van der Waals surface area contributed by atoms with Gasteiger partial charge in [0.15, 0.2) is 0 Å². The molecule has 76 valence electrons. The molecule has 0 bridgehead atoms. The molecule has 1 unspecified atom stereocenters. The first-order valence-corrected chi connectivity index (χ1v) is 4.97. The number of fused-ring (bicyclic) bond motifs is 1. The Morgan fingerprint density at radius 2 is 2.43 bits per heavy atom. The second-order valence-corrected chi connectivity index (χ2v) is 3.44. The second kappa shape index (κ2) is 3.88. The Kier molecular flexibility index (Phi) is 2.59. The van der Waals surface area contributed by atoms with Gasteiger partial charge in [0.1, 0.15) is 5.75 Å². The number of nitrogens with one attached hydrogen (secondary N) is 1. The van der Waals surface area contributed by atoms with Crippen molar-refractivity contribution in [2.75, 3.05) is 18.5 Å². The van der Waals surface area contributed by atoms with E-state index < -0.39 is 0 Å². The first-order chi connectivity index (χ1) is 6.85. The van der Waals surface area contributed by atoms with E-state index in [4.69, 9.17) is 9.84 Å². The van der Waals surface area contributed by atoms with E-state index in [1.165, 1.54) is 5.56 Å². The normalized spacial score (nSPS) is 18.9. The van der Waals surface area contributed by atoms with E-state index in [9.17, 15) is 0 Å². The van der Waals surface area contributed by atoms with Crippen molar-refractivity contribution in [3.8, 4) is 5.75 Å². The summed E-state index contributed by atoms with van der Waals surface area (Å²) in [6.07, 6.45) is 0.849. The molecule has 0 amide bonds. The van der Waals surface area contributed by atoms with E-state index in [0.717, 1.165) is 17.9 Å². The van der Waals surface area contributed by atoms with E-state index >= 15 is 0 Å². The summed E-state index contributed by atoms with van der Waals surface area (Å²) in [5, 5.41) is 12.3. The summed E-state index contributed by atoms with van der Waals surface area (Å²) >= 11 is 0. The monoisotopic (exact) mass is 193 g/mol. The average molecular weight is 193 g/mol. The van der Waals surface area contributed by atoms with Crippen molar-refractivity contribution in [2.24, 2.45) is 0 Å². The van der Waals surface area contributed by atoms with Crippen LogP contribution in [0.3, 0.4) is 0 Å². The van der Waals surface area contributed by atoms with E-state index in [2.05, 4.69) is 5.32 Å². The summed E-state index contributed by atoms with van der Waals surface area (Å²) in [5.74, 6) is 0.938. The number of hydrogen-bond acceptors (Lipinski definition) is 3. The third-order valence-corrected chi connectivity index (χ3v) is 2.46. The summed E-state index contributed by atoms with van der Waals surface area (Å²) in [4.78, 5) is 0. The molecule has 1 atom stereocenters. The molecule has 0 fully saturated rings. The predicted octanol–water partition coefficient (Wildman–Crippen LogP) is 1.41. The lowest BCUT2D eigenvalue weighted by Gasteiger charge is -2.07. The van der Waals surface area contributed by atoms with Crippen LogP contribution in [-0.2, 0) is 6.42 Å². The third kappa shape index (κ3) is 1.55. The van der Waals surface area contributed by atoms with Crippen LogP contribution in [0, 0.1) is 0 Å². The van der Waals surface area contributed by atoms with Crippen molar-refractivity contribution in [1.82, 2.24) is 0 Å². The van der Waals surface area contributed by atoms with Crippen molar-refractivity contribution < 1.29 is 9.84 Å². The van der Waals surface area contributed by atoms with Crippen LogP contribution < -0.4 is 10.1 Å². The van der Waals surface area contributed by atoms with Crippen LogP contribution >= 0.6 is 0 Å². The molecule has 2 N–H and O–H groups in total. The smallest absolute Gasteiger partial charge is 0.124 e. The van der Waals surface area contributed by atoms with Crippen LogP contribution in [-0.4, -0.2) is 24.4 Å². The van der Waals surface area contributed by atoms with Gasteiger partial charge in [-0.3, -0.25) is 0 Å². The van der Waals surface area contributed by atoms with Crippen molar-refractivity contribution >= 4 is 5.69 Å². The molecular formula is C11H15NO2. The highest BCUT2D eigenvalue weighted by Gasteiger charge is 2.22. The second-order valence-electron chi connectivity index (χ2n) is 3.44. The molecule has 0 aliphatic carbocycles. The Bertz CT molecular complexity index is 325. The Balaban J connectivity index is 2.26. The molecule has 3 nitrogen and oxygen atoms in total. The lowest BCUT2D eigenvalue weighted by atomic mass is 10.1. The van der Waals surface area contributed by atoms with Crippen LogP contribution in [0.15, 0.2) is 18.2 Å². The topological polar surface area (TPSA) is 41.5 Å². The van der Waals surface area contributed by atoms with Gasteiger partial charge in [-0.2, -0.15) is 0 Å². The van der Waals surface area contributed by atoms with Crippen molar-refractivity contribution in [2.45, 2.75) is 19.4 Å². The van der Waals surface area contributed by atoms with Crippen molar-refractivity contribution in [1.29, 1.82) is 0 Å². The van der Waals surface area contributed by atoms with Gasteiger partial charge in [0.25, 0.3) is 0 Å². The van der Waals surface area contributed by atoms with Gasteiger partial charge in [-0.05, 0) is 19.1 Å². The maximum atomic E-state index is 9.06. The Labute approximate surface area is 83.7 Å². The molecule has 0 radical (unpaired) electrons. The van der Waals surface area contributed by atoms with E-state index in [-0.39, 0.29) is 12.6 Å². The van der Waals surface area contributed by atoms with Gasteiger partial charge in [0.2, 0.25) is 0 Å². The highest BCUT2D eigenvalue weighted by Crippen LogP contribution is 2.33. The minimum atomic E-state index is 0.145. The minimum absolute atomic E-state index is 0.145. The number of ether oxygens (including phenoxy) is 1. The van der Waals surface area contributed by atoms with Crippen LogP contribution in [0.25, 0.3) is 0 Å². The fourth-order valence-electron chi connectivity index (χ4n) is 1.83. The van der Waals surface area contributed by atoms with E-state index in [0.29, 0.717) is 6.61 Å². The summed E-state index contributed by atoms with van der Waals surface area (Å²) in [6.45, 7) is 2.83. The number of anilines is 1. The number of benzene rings is 1. The van der Waals surface area contributed by atoms with Crippen molar-refractivity contribution in [3.05, 3.63) is 23.8 Å². The molecule has 2 rings (SSSR count). The van der Waals surface area contributed by atoms with Crippen LogP contribution in [0.1, 0.15) is 12.5 Å². The average Bonchev–Trinajstić information content (AvgIpc) is 2.62. The van der Waals surface area contributed by atoms with Gasteiger partial charge >= 0.3 is 0 Å². The molecule has 1 aliphatic rings. The Hall–Kier alpha value is -1.22. The van der Waals surface area contributed by atoms with Gasteiger partial charge in [-0.15, -0.1) is 0 Å². The molecule has 1 aliphatic heterocycles. The van der Waals surface area contributed by atoms with Gasteiger partial charge < -0.3 is 15.2 Å². The molecular weight excluding hydrogens is 178 g/mol. The molecule has 14 heavy (non-hydrogen) atoms. The summed E-state index contributed by atoms with van der Waals surface area (Å²) in [7, 11) is 0. The molecule has 0 saturated heterocycles. The van der Waals surface area contributed by atoms with Crippen LogP contribution in [0.4, 0.5) is 5.69 Å². The zero-order valence-corrected chi connectivity index (χ0v) is 8.29. The molecule has 1 aromatic carbocycles. The highest BCUT2D eigenvalue weighted by atomic mass is 16.5. The summed E-state index contributed by atoms with van der Waals surface area (Å²) < 4.78 is 5.52. The molecule has 3 heteroatoms. The first kappa shape index (κ1) is 9.34. The first-order valence-electron chi connectivity index (χ1n) is 4.97. The Morgan fingerprint density at radius 1 is 1.57 bits per heavy atom. The molecule has 1 heterocycles. The molecule has 1 aromatic rings. The maximum absolute atomic E-state index is 9.06. The molecule has 0 saturated carbocycles. The van der Waals surface area contributed by atoms with Crippen LogP contribution in [0.5, 0.6) is 5.75 Å². The highest BCUT2D eigenvalue weighted by molar-refractivity contribution is 5.62. The predicted molar refractivity (Wildman–Crippen MR) is 55.8 cm³/mol. The fraction of sp³-hybridized carbons (Fsp3) is 0.455. The zero-order chi connectivity index (χ0) is 9.97. The summed E-state index contributed by atoms with van der Waals surface area (Å²) in [6, 6.07) is 6.11. The minimum Gasteiger partial charge on any atom is -0.494 e.